The molecule has 0 unspecified atom stereocenters. The van der Waals surface area contributed by atoms with Gasteiger partial charge in [0.25, 0.3) is 0 Å². The Hall–Kier alpha value is 0.154. The highest BCUT2D eigenvalue weighted by atomic mass is 28.4. The minimum absolute atomic E-state index is 0.753. The number of rotatable bonds is 28. The molecule has 0 aliphatic heterocycles. The third-order valence-corrected chi connectivity index (χ3v) is 12.5. The number of unbranched alkanes of at least 4 members (excludes halogenated alkanes) is 6. The predicted molar refractivity (Wildman–Crippen MR) is 155 cm³/mol. The summed E-state index contributed by atoms with van der Waals surface area (Å²) in [6.45, 7) is 20.8. The summed E-state index contributed by atoms with van der Waals surface area (Å²) in [5.74, 6) is 0. The van der Waals surface area contributed by atoms with Gasteiger partial charge in [0.1, 0.15) is 0 Å². The summed E-state index contributed by atoms with van der Waals surface area (Å²) in [4.78, 5) is 2.29. The van der Waals surface area contributed by atoms with E-state index < -0.39 is 17.1 Å². The summed E-state index contributed by atoms with van der Waals surface area (Å²) in [6.07, 6.45) is 9.53. The predicted octanol–water partition coefficient (Wildman–Crippen LogP) is 6.36. The second-order valence-corrected chi connectivity index (χ2v) is 16.5. The van der Waals surface area contributed by atoms with Crippen LogP contribution in [0.1, 0.15) is 79.1 Å². The lowest BCUT2D eigenvalue weighted by Crippen LogP contribution is -2.38. The van der Waals surface area contributed by atoms with E-state index in [4.69, 9.17) is 27.2 Å². The van der Waals surface area contributed by atoms with Crippen molar-refractivity contribution in [2.45, 2.75) is 104 Å². The zero-order chi connectivity index (χ0) is 27.0. The van der Waals surface area contributed by atoms with E-state index in [0.29, 0.717) is 0 Å². The summed E-state index contributed by atoms with van der Waals surface area (Å²) >= 11 is 0. The Bertz CT molecular complexity index is 424. The van der Waals surface area contributed by atoms with Crippen LogP contribution in [-0.4, -0.2) is 95.0 Å². The third-order valence-electron chi connectivity index (χ3n) is 6.37. The first-order valence-corrected chi connectivity index (χ1v) is 19.8. The molecular weight excluding hydrogens is 490 g/mol. The molecule has 0 aromatic carbocycles. The van der Waals surface area contributed by atoms with Gasteiger partial charge in [0.2, 0.25) is 0 Å². The average molecular weight is 552 g/mol. The molecule has 0 saturated carbocycles. The quantitative estimate of drug-likeness (QED) is 0.0828. The Kier molecular flexibility index (Phi) is 24.3. The van der Waals surface area contributed by atoms with E-state index >= 15 is 0 Å². The van der Waals surface area contributed by atoms with E-state index in [-0.39, 0.29) is 0 Å². The van der Waals surface area contributed by atoms with E-state index in [1.54, 1.807) is 0 Å². The van der Waals surface area contributed by atoms with Crippen LogP contribution in [0.15, 0.2) is 0 Å². The van der Waals surface area contributed by atoms with Crippen molar-refractivity contribution in [2.24, 2.45) is 0 Å². The van der Waals surface area contributed by atoms with Crippen molar-refractivity contribution in [3.05, 3.63) is 0 Å². The molecule has 0 aromatic rings. The lowest BCUT2D eigenvalue weighted by molar-refractivity contribution is 0.0815. The summed E-state index contributed by atoms with van der Waals surface area (Å²) in [6, 6.07) is 2.18. The van der Waals surface area contributed by atoms with E-state index in [1.807, 2.05) is 0 Å². The van der Waals surface area contributed by atoms with Gasteiger partial charge in [0, 0.05) is 52.7 Å². The molecule has 0 rings (SSSR count). The average Bonchev–Trinajstić information content (AvgIpc) is 2.82. The molecule has 0 radical (unpaired) electrons. The van der Waals surface area contributed by atoms with Crippen LogP contribution in [-0.2, 0) is 27.2 Å². The number of hydrogen-bond donors (Lipinski definition) is 0. The highest BCUT2D eigenvalue weighted by Gasteiger charge is 2.30. The van der Waals surface area contributed by atoms with Gasteiger partial charge in [-0.2, -0.15) is 0 Å². The number of nitrogens with zero attached hydrogens (tertiary/aromatic N) is 1. The lowest BCUT2D eigenvalue weighted by Gasteiger charge is -2.25. The van der Waals surface area contributed by atoms with E-state index in [9.17, 15) is 0 Å². The lowest BCUT2D eigenvalue weighted by atomic mass is 10.2. The van der Waals surface area contributed by atoms with Gasteiger partial charge in [0.15, 0.2) is 0 Å². The van der Waals surface area contributed by atoms with Crippen LogP contribution in [0.2, 0.25) is 25.2 Å². The van der Waals surface area contributed by atoms with Crippen molar-refractivity contribution in [3.8, 4) is 0 Å². The molecule has 0 aliphatic rings. The van der Waals surface area contributed by atoms with Crippen molar-refractivity contribution < 1.29 is 27.2 Å². The highest BCUT2D eigenvalue weighted by molar-refractivity contribution is 6.66. The first-order valence-electron chi connectivity index (χ1n) is 14.7. The molecule has 0 spiro atoms. The van der Waals surface area contributed by atoms with Crippen molar-refractivity contribution >= 4 is 17.1 Å². The Labute approximate surface area is 226 Å². The van der Waals surface area contributed by atoms with E-state index in [0.717, 1.165) is 90.9 Å². The van der Waals surface area contributed by atoms with Gasteiger partial charge >= 0.3 is 17.1 Å². The fourth-order valence-electron chi connectivity index (χ4n) is 4.36. The van der Waals surface area contributed by atoms with Crippen LogP contribution < -0.4 is 0 Å². The van der Waals surface area contributed by atoms with Crippen molar-refractivity contribution in [1.29, 1.82) is 0 Å². The maximum Gasteiger partial charge on any atom is 0.334 e. The standard InChI is InChI=1S/C27H61NO6Si2/c1-8-31-35(6,32-9-2)26-18-14-12-16-22-29-24-20-28(5)21-25-30-23-17-13-15-19-27-36(7,33-10-3)34-11-4/h8-27H2,1-7H3. The Morgan fingerprint density at radius 2 is 0.806 bits per heavy atom. The van der Waals surface area contributed by atoms with Gasteiger partial charge in [-0.15, -0.1) is 0 Å². The first-order chi connectivity index (χ1) is 17.3. The third kappa shape index (κ3) is 21.1. The van der Waals surface area contributed by atoms with Crippen LogP contribution in [0.25, 0.3) is 0 Å². The fraction of sp³-hybridized carbons (Fsp3) is 1.00. The van der Waals surface area contributed by atoms with Crippen molar-refractivity contribution in [1.82, 2.24) is 4.90 Å². The molecule has 9 heteroatoms. The molecule has 0 saturated heterocycles. The molecule has 0 heterocycles. The molecule has 7 nitrogen and oxygen atoms in total. The van der Waals surface area contributed by atoms with Crippen LogP contribution in [0.5, 0.6) is 0 Å². The monoisotopic (exact) mass is 551 g/mol. The molecular formula is C27H61NO6Si2. The smallest absolute Gasteiger partial charge is 0.334 e. The zero-order valence-electron chi connectivity index (χ0n) is 25.0. The Morgan fingerprint density at radius 3 is 1.14 bits per heavy atom. The van der Waals surface area contributed by atoms with Crippen LogP contribution in [0, 0.1) is 0 Å². The Balaban J connectivity index is 3.51. The number of ether oxygens (including phenoxy) is 2. The van der Waals surface area contributed by atoms with Gasteiger partial charge in [-0.1, -0.05) is 38.5 Å². The van der Waals surface area contributed by atoms with E-state index in [2.05, 4.69) is 52.7 Å². The molecule has 0 fully saturated rings. The van der Waals surface area contributed by atoms with Crippen LogP contribution >= 0.6 is 0 Å². The molecule has 0 atom stereocenters. The molecule has 0 aliphatic carbocycles. The van der Waals surface area contributed by atoms with Crippen LogP contribution in [0.3, 0.4) is 0 Å². The maximum atomic E-state index is 5.91. The van der Waals surface area contributed by atoms with Gasteiger partial charge in [0.05, 0.1) is 13.2 Å². The maximum absolute atomic E-state index is 5.91. The number of likely N-dealkylation sites (N-methyl/N-ethyl adjacent to an activating group) is 1. The minimum Gasteiger partial charge on any atom is -0.395 e. The SMILES string of the molecule is CCO[Si](C)(CCCCCCOCCN(C)CCOCCCCCC[Si](C)(OCC)OCC)OCC. The largest absolute Gasteiger partial charge is 0.395 e. The summed E-state index contributed by atoms with van der Waals surface area (Å²) < 4.78 is 35.3. The Morgan fingerprint density at radius 1 is 0.472 bits per heavy atom. The van der Waals surface area contributed by atoms with Crippen LogP contribution in [0.4, 0.5) is 0 Å². The number of hydrogen-bond acceptors (Lipinski definition) is 7. The second kappa shape index (κ2) is 24.2. The summed E-state index contributed by atoms with van der Waals surface area (Å²) in [7, 11) is -1.73. The topological polar surface area (TPSA) is 58.6 Å². The second-order valence-electron chi connectivity index (χ2n) is 9.86. The van der Waals surface area contributed by atoms with Crippen molar-refractivity contribution in [2.75, 3.05) is 73.0 Å². The van der Waals surface area contributed by atoms with Gasteiger partial charge in [-0.05, 0) is 72.8 Å². The minimum atomic E-state index is -1.93. The molecule has 0 bridgehead atoms. The first kappa shape index (κ1) is 36.2. The normalized spacial score (nSPS) is 12.7. The molecule has 0 N–H and O–H groups in total. The van der Waals surface area contributed by atoms with E-state index in [1.165, 1.54) is 38.5 Å². The molecule has 218 valence electrons. The molecule has 36 heavy (non-hydrogen) atoms. The zero-order valence-corrected chi connectivity index (χ0v) is 27.0. The fourth-order valence-corrected chi connectivity index (χ4v) is 9.33. The summed E-state index contributed by atoms with van der Waals surface area (Å²) in [5, 5.41) is 0. The molecule has 0 amide bonds. The van der Waals surface area contributed by atoms with Gasteiger partial charge in [-0.25, -0.2) is 0 Å². The van der Waals surface area contributed by atoms with Crippen molar-refractivity contribution in [3.63, 3.8) is 0 Å². The van der Waals surface area contributed by atoms with Gasteiger partial charge < -0.3 is 32.1 Å². The van der Waals surface area contributed by atoms with Gasteiger partial charge in [-0.3, -0.25) is 0 Å². The highest BCUT2D eigenvalue weighted by Crippen LogP contribution is 2.19. The summed E-state index contributed by atoms with van der Waals surface area (Å²) in [5.41, 5.74) is 0. The molecule has 0 aromatic heterocycles.